The molecule has 3 aromatic carbocycles. The van der Waals surface area contributed by atoms with Gasteiger partial charge in [0.15, 0.2) is 11.9 Å². The number of phenolic OH excluding ortho intramolecular Hbond substituents is 2. The molecular weight excluding hydrogens is 1810 g/mol. The van der Waals surface area contributed by atoms with E-state index in [1.165, 1.54) is 74.9 Å². The first kappa shape index (κ1) is 113. The number of nitrogens with zero attached hydrogens (tertiary/aromatic N) is 1. The third kappa shape index (κ3) is 39.8. The van der Waals surface area contributed by atoms with Crippen LogP contribution in [0.4, 0.5) is 0 Å². The third-order valence-corrected chi connectivity index (χ3v) is 21.7. The number of aliphatic carboxylic acids is 4. The van der Waals surface area contributed by atoms with Crippen LogP contribution in [0.25, 0.3) is 10.9 Å². The van der Waals surface area contributed by atoms with Gasteiger partial charge in [-0.3, -0.25) is 92.3 Å². The molecule has 2 heterocycles. The number of aliphatic hydroxyl groups is 1. The number of benzene rings is 3. The van der Waals surface area contributed by atoms with Crippen LogP contribution in [0.1, 0.15) is 141 Å². The Bertz CT molecular complexity index is 5000. The van der Waals surface area contributed by atoms with Crippen molar-refractivity contribution < 1.29 is 122 Å². The first-order valence-electron chi connectivity index (χ1n) is 44.0. The van der Waals surface area contributed by atoms with Gasteiger partial charge in [-0.25, -0.2) is 9.78 Å². The van der Waals surface area contributed by atoms with Crippen LogP contribution in [0.2, 0.25) is 0 Å². The maximum atomic E-state index is 14.9. The molecule has 14 amide bonds. The van der Waals surface area contributed by atoms with Gasteiger partial charge in [-0.1, -0.05) is 84.0 Å². The molecule has 0 fully saturated rings. The molecule has 0 aliphatic rings. The van der Waals surface area contributed by atoms with E-state index in [9.17, 15) is 117 Å². The van der Waals surface area contributed by atoms with Crippen molar-refractivity contribution in [2.24, 2.45) is 35.0 Å². The van der Waals surface area contributed by atoms with Gasteiger partial charge in [-0.2, -0.15) is 12.6 Å². The summed E-state index contributed by atoms with van der Waals surface area (Å²) in [6.07, 6.45) is -3.63. The zero-order valence-corrected chi connectivity index (χ0v) is 77.5. The van der Waals surface area contributed by atoms with Crippen LogP contribution in [-0.4, -0.2) is 285 Å². The molecule has 49 nitrogen and oxygen atoms in total. The molecule has 0 spiro atoms. The Morgan fingerprint density at radius 1 is 0.416 bits per heavy atom. The summed E-state index contributed by atoms with van der Waals surface area (Å²) in [6.45, 7) is 9.68. The molecule has 0 aliphatic carbocycles. The Hall–Kier alpha value is -14.7. The SMILES string of the molecule is CC(C)C[C@H](NC(=O)[C@H](Cc1ccc(O)cc1)NC(=O)[C@@H](NC(=O)[C@H](CCC(=O)O)NC(=O)[C@H](Cc1cnc[nH]1)NC(=O)[C@H](CCCNC(=N)N)NC(=O)CNC(=O)[C@H](CCCNC(=N)N)NC(=O)[C@@H](NC(=O)[C@@H](N)Cc1c[nH]c2ccccc12)C(C)C)[C@@H](C)O)C(=O)N[C@@H](CS)C(=O)N[C@@H](Cc1ccc(O)cc1)C(=O)N[C@@H](CCC(=O)O)C(=O)N[C@H](C(=O)N[C@@H](CCC(=O)O)C(=O)O)C(C)C. The number of fused-ring (bicyclic) bond motifs is 1. The summed E-state index contributed by atoms with van der Waals surface area (Å²) >= 11 is 4.31. The van der Waals surface area contributed by atoms with Gasteiger partial charge in [0.2, 0.25) is 82.7 Å². The number of aliphatic hydroxyl groups excluding tert-OH is 1. The number of aromatic hydroxyl groups is 2. The van der Waals surface area contributed by atoms with E-state index in [4.69, 9.17) is 33.1 Å². The second-order valence-corrected chi connectivity index (χ2v) is 34.0. The van der Waals surface area contributed by atoms with Gasteiger partial charge in [0, 0.05) is 86.4 Å². The van der Waals surface area contributed by atoms with E-state index in [-0.39, 0.29) is 79.9 Å². The predicted octanol–water partition coefficient (Wildman–Crippen LogP) is -4.81. The topological polar surface area (TPSA) is 812 Å². The summed E-state index contributed by atoms with van der Waals surface area (Å²) in [6, 6.07) is -5.31. The van der Waals surface area contributed by atoms with Crippen LogP contribution in [0, 0.1) is 28.6 Å². The number of hydrogen-bond donors (Lipinski definition) is 31. The van der Waals surface area contributed by atoms with Crippen molar-refractivity contribution in [1.29, 1.82) is 10.8 Å². The minimum atomic E-state index is -2.09. The highest BCUT2D eigenvalue weighted by Crippen LogP contribution is 2.22. The number of carbonyl (C=O) groups excluding carboxylic acids is 14. The molecule has 0 saturated heterocycles. The Balaban J connectivity index is 1.38. The van der Waals surface area contributed by atoms with Crippen LogP contribution < -0.4 is 102 Å². The summed E-state index contributed by atoms with van der Waals surface area (Å²) in [4.78, 5) is 258. The molecule has 0 bridgehead atoms. The first-order valence-corrected chi connectivity index (χ1v) is 44.6. The highest BCUT2D eigenvalue weighted by atomic mass is 32.1. The lowest BCUT2D eigenvalue weighted by molar-refractivity contribution is -0.144. The molecule has 0 saturated carbocycles. The smallest absolute Gasteiger partial charge is 0.326 e. The number of guanidine groups is 2. The normalized spacial score (nSPS) is 14.5. The number of carbonyl (C=O) groups is 18. The fraction of sp³-hybridized carbons (Fsp3) is 0.506. The molecule has 33 N–H and O–H groups in total. The minimum Gasteiger partial charge on any atom is -0.508 e. The van der Waals surface area contributed by atoms with E-state index in [1.807, 2.05) is 24.3 Å². The fourth-order valence-corrected chi connectivity index (χ4v) is 14.2. The standard InChI is InChI=1S/C87H126N24O25S/c1-42(2)32-60(77(127)108-64(40-137)81(131)105-61(33-46-16-20-50(113)21-17-46)78(128)100-57(24-27-66(116)117)75(125)110-70(44(5)6)83(133)103-59(85(135)136)26-29-68(120)121)104-79(129)62(34-47-18-22-51(114)23-19-47)107-84(134)71(45(7)112)111-76(126)58(25-28-67(118)119)101-80(130)63(36-49-38-93-41-98-49)106-74(124)56(15-11-31-95-87(91)92)99-65(115)39-97-73(123)55(14-10-30-94-86(89)90)102-82(132)69(43(3)4)109-72(122)53(88)35-48-37-96-54-13-9-8-12-52(48)54/h8-9,12-13,16-23,37-38,41-45,53,55-64,69-71,96,112-114,137H,10-11,14-15,24-36,39-40,88H2,1-7H3,(H,93,98)(H,97,123)(H,99,115)(H,100,128)(H,101,130)(H,102,132)(H,103,133)(H,104,129)(H,105,131)(H,106,124)(H,107,134)(H,108,127)(H,109,122)(H,110,125)(H,111,126)(H,116,117)(H,118,119)(H,120,121)(H,135,136)(H4,89,90,94)(H4,91,92,95)/t45-,53+,55+,56+,57+,58+,59+,60+,61+,62+,63+,64+,69+,70+,71+/m1/s1. The number of rotatable bonds is 60. The van der Waals surface area contributed by atoms with Gasteiger partial charge in [0.05, 0.1) is 25.0 Å². The lowest BCUT2D eigenvalue weighted by atomic mass is 10.00. The number of phenols is 2. The Kier molecular flexibility index (Phi) is 46.5. The van der Waals surface area contributed by atoms with Crippen LogP contribution in [-0.2, 0) is 112 Å². The van der Waals surface area contributed by atoms with E-state index < -0.39 is 297 Å². The molecule has 0 unspecified atom stereocenters. The molecule has 0 radical (unpaired) electrons. The zero-order chi connectivity index (χ0) is 102. The molecule has 137 heavy (non-hydrogen) atoms. The number of H-pyrrole nitrogens is 2. The molecule has 0 aliphatic heterocycles. The van der Waals surface area contributed by atoms with Crippen molar-refractivity contribution in [2.45, 2.75) is 235 Å². The van der Waals surface area contributed by atoms with Crippen molar-refractivity contribution in [3.8, 4) is 11.5 Å². The second-order valence-electron chi connectivity index (χ2n) is 33.7. The molecule has 15 atom stereocenters. The second kappa shape index (κ2) is 56.5. The van der Waals surface area contributed by atoms with Crippen molar-refractivity contribution >= 4 is 142 Å². The van der Waals surface area contributed by atoms with Gasteiger partial charge in [-0.05, 0) is 129 Å². The molecule has 50 heteroatoms. The van der Waals surface area contributed by atoms with Crippen molar-refractivity contribution in [3.05, 3.63) is 114 Å². The Labute approximate surface area is 792 Å². The number of aromatic amines is 2. The molecule has 2 aromatic heterocycles. The Morgan fingerprint density at radius 2 is 0.796 bits per heavy atom. The summed E-state index contributed by atoms with van der Waals surface area (Å²) in [7, 11) is 0. The monoisotopic (exact) mass is 1940 g/mol. The van der Waals surface area contributed by atoms with Crippen molar-refractivity contribution in [2.75, 3.05) is 25.4 Å². The maximum Gasteiger partial charge on any atom is 0.326 e. The van der Waals surface area contributed by atoms with Crippen molar-refractivity contribution in [3.63, 3.8) is 0 Å². The highest BCUT2D eigenvalue weighted by Gasteiger charge is 2.40. The lowest BCUT2D eigenvalue weighted by Crippen LogP contribution is -2.62. The van der Waals surface area contributed by atoms with Gasteiger partial charge in [0.1, 0.15) is 90.0 Å². The summed E-state index contributed by atoms with van der Waals surface area (Å²) in [5.41, 5.74) is 19.6. The predicted molar refractivity (Wildman–Crippen MR) is 495 cm³/mol. The number of thiol groups is 1. The summed E-state index contributed by atoms with van der Waals surface area (Å²) in [5.74, 6) is -24.6. The first-order chi connectivity index (χ1) is 64.6. The van der Waals surface area contributed by atoms with E-state index in [2.05, 4.69) is 113 Å². The minimum absolute atomic E-state index is 0.00567. The van der Waals surface area contributed by atoms with Crippen LogP contribution in [0.5, 0.6) is 11.5 Å². The number of nitrogens with one attached hydrogen (secondary N) is 20. The van der Waals surface area contributed by atoms with E-state index in [0.29, 0.717) is 0 Å². The fourth-order valence-electron chi connectivity index (χ4n) is 13.9. The summed E-state index contributed by atoms with van der Waals surface area (Å²) in [5, 5.41) is 126. The Morgan fingerprint density at radius 3 is 1.24 bits per heavy atom. The van der Waals surface area contributed by atoms with Crippen molar-refractivity contribution in [1.82, 2.24) is 100 Å². The van der Waals surface area contributed by atoms with E-state index in [1.54, 1.807) is 33.9 Å². The lowest BCUT2D eigenvalue weighted by Gasteiger charge is -2.29. The number of para-hydroxylation sites is 1. The quantitative estimate of drug-likeness (QED) is 0.00752. The van der Waals surface area contributed by atoms with Gasteiger partial charge in [0.25, 0.3) is 0 Å². The highest BCUT2D eigenvalue weighted by molar-refractivity contribution is 7.80. The number of amides is 14. The number of carboxylic acids is 4. The largest absolute Gasteiger partial charge is 0.508 e. The number of carboxylic acid groups (broad SMARTS) is 4. The average molecular weight is 1940 g/mol. The van der Waals surface area contributed by atoms with Crippen LogP contribution in [0.3, 0.4) is 0 Å². The van der Waals surface area contributed by atoms with Gasteiger partial charge < -0.3 is 148 Å². The van der Waals surface area contributed by atoms with Gasteiger partial charge in [-0.15, -0.1) is 0 Å². The summed E-state index contributed by atoms with van der Waals surface area (Å²) < 4.78 is 0. The molecule has 5 rings (SSSR count). The van der Waals surface area contributed by atoms with E-state index in [0.717, 1.165) is 23.4 Å². The number of aromatic nitrogens is 3. The van der Waals surface area contributed by atoms with Gasteiger partial charge >= 0.3 is 23.9 Å². The third-order valence-electron chi connectivity index (χ3n) is 21.3. The maximum absolute atomic E-state index is 14.9. The molecule has 5 aromatic rings. The van der Waals surface area contributed by atoms with Crippen LogP contribution in [0.15, 0.2) is 91.5 Å². The van der Waals surface area contributed by atoms with E-state index >= 15 is 0 Å². The number of imidazole rings is 1. The molecule has 750 valence electrons. The average Bonchev–Trinajstić information content (AvgIpc) is 1.63. The number of nitrogens with two attached hydrogens (primary N) is 3. The van der Waals surface area contributed by atoms with Crippen LogP contribution >= 0.6 is 12.6 Å². The zero-order valence-electron chi connectivity index (χ0n) is 76.6. The molecular formula is C87H126N24O25S. The number of hydrogen-bond acceptors (Lipinski definition) is 26.